The van der Waals surface area contributed by atoms with Crippen LogP contribution in [0.2, 0.25) is 0 Å². The molecular weight excluding hydrogens is 520 g/mol. The number of benzene rings is 1. The summed E-state index contributed by atoms with van der Waals surface area (Å²) in [5.74, 6) is -1.91. The Morgan fingerprint density at radius 2 is 1.80 bits per heavy atom. The van der Waals surface area contributed by atoms with Crippen LogP contribution in [-0.2, 0) is 22.4 Å². The molecule has 230 valence electrons. The van der Waals surface area contributed by atoms with E-state index >= 15 is 0 Å². The number of carboxylic acids is 1. The van der Waals surface area contributed by atoms with Crippen molar-refractivity contribution < 1.29 is 29.3 Å². The second kappa shape index (κ2) is 16.1. The van der Waals surface area contributed by atoms with Gasteiger partial charge in [-0.2, -0.15) is 0 Å². The molecule has 4 unspecified atom stereocenters. The number of hydrogen-bond acceptors (Lipinski definition) is 7. The van der Waals surface area contributed by atoms with E-state index in [1.807, 2.05) is 40.7 Å². The quantitative estimate of drug-likeness (QED) is 0.0563. The number of phenolic OH excluding ortho intramolecular Hbond substituents is 1. The van der Waals surface area contributed by atoms with Gasteiger partial charge >= 0.3 is 11.9 Å². The zero-order chi connectivity index (χ0) is 30.9. The fourth-order valence-corrected chi connectivity index (χ4v) is 4.81. The van der Waals surface area contributed by atoms with E-state index in [0.29, 0.717) is 17.5 Å². The molecule has 0 aromatic heterocycles. The molecular formula is C33H52N2O6. The van der Waals surface area contributed by atoms with Crippen molar-refractivity contribution in [1.82, 2.24) is 5.32 Å². The zero-order valence-corrected chi connectivity index (χ0v) is 26.3. The number of aromatic hydroxyl groups is 1. The van der Waals surface area contributed by atoms with Crippen LogP contribution in [0.1, 0.15) is 109 Å². The number of unbranched alkanes of at least 4 members (excludes halogenated alkanes) is 2. The second-order valence-electron chi connectivity index (χ2n) is 12.2. The lowest BCUT2D eigenvalue weighted by molar-refractivity contribution is -0.138. The maximum atomic E-state index is 13.6. The van der Waals surface area contributed by atoms with Crippen molar-refractivity contribution >= 4 is 11.9 Å². The molecule has 0 bridgehead atoms. The van der Waals surface area contributed by atoms with Crippen LogP contribution in [0.5, 0.6) is 11.5 Å². The van der Waals surface area contributed by atoms with Crippen molar-refractivity contribution in [3.05, 3.63) is 46.1 Å². The summed E-state index contributed by atoms with van der Waals surface area (Å²) in [6.45, 7) is 16.0. The first-order chi connectivity index (χ1) is 19.3. The number of carbonyl (C=O) groups is 2. The van der Waals surface area contributed by atoms with Gasteiger partial charge in [0.2, 0.25) is 0 Å². The Bertz CT molecular complexity index is 1100. The van der Waals surface area contributed by atoms with E-state index in [2.05, 4.69) is 32.2 Å². The molecule has 1 saturated heterocycles. The van der Waals surface area contributed by atoms with E-state index in [1.165, 1.54) is 11.6 Å². The summed E-state index contributed by atoms with van der Waals surface area (Å²) in [6, 6.07) is 0.586. The van der Waals surface area contributed by atoms with Crippen LogP contribution in [0.25, 0.3) is 0 Å². The van der Waals surface area contributed by atoms with E-state index in [1.54, 1.807) is 0 Å². The first-order valence-corrected chi connectivity index (χ1v) is 15.1. The summed E-state index contributed by atoms with van der Waals surface area (Å²) in [5, 5.41) is 24.6. The topological polar surface area (TPSA) is 134 Å². The highest BCUT2D eigenvalue weighted by molar-refractivity contribution is 5.95. The average Bonchev–Trinajstić information content (AvgIpc) is 3.65. The van der Waals surface area contributed by atoms with Crippen LogP contribution in [-0.4, -0.2) is 46.6 Å². The van der Waals surface area contributed by atoms with Gasteiger partial charge in [0.15, 0.2) is 5.75 Å². The Labute approximate surface area is 246 Å². The van der Waals surface area contributed by atoms with Gasteiger partial charge in [-0.3, -0.25) is 5.32 Å². The molecule has 1 fully saturated rings. The van der Waals surface area contributed by atoms with Crippen molar-refractivity contribution in [1.29, 1.82) is 0 Å². The van der Waals surface area contributed by atoms with Gasteiger partial charge in [-0.15, -0.1) is 0 Å². The van der Waals surface area contributed by atoms with Gasteiger partial charge in [0.1, 0.15) is 29.7 Å². The summed E-state index contributed by atoms with van der Waals surface area (Å²) >= 11 is 0. The lowest BCUT2D eigenvalue weighted by Crippen LogP contribution is -2.47. The highest BCUT2D eigenvalue weighted by Gasteiger charge is 2.47. The van der Waals surface area contributed by atoms with E-state index in [9.17, 15) is 19.8 Å². The second-order valence-corrected chi connectivity index (χ2v) is 12.2. The minimum atomic E-state index is -1.19. The van der Waals surface area contributed by atoms with E-state index in [-0.39, 0.29) is 53.7 Å². The summed E-state index contributed by atoms with van der Waals surface area (Å²) in [7, 11) is 0. The van der Waals surface area contributed by atoms with E-state index in [0.717, 1.165) is 37.7 Å². The van der Waals surface area contributed by atoms with Crippen molar-refractivity contribution in [3.8, 4) is 11.5 Å². The Balaban J connectivity index is 2.44. The first-order valence-electron chi connectivity index (χ1n) is 15.1. The molecule has 8 heteroatoms. The third-order valence-corrected chi connectivity index (χ3v) is 7.59. The predicted octanol–water partition coefficient (Wildman–Crippen LogP) is 6.29. The number of phenols is 1. The number of epoxide rings is 1. The molecule has 8 nitrogen and oxygen atoms in total. The molecule has 0 radical (unpaired) electrons. The molecule has 1 aromatic rings. The van der Waals surface area contributed by atoms with Crippen LogP contribution in [0.3, 0.4) is 0 Å². The minimum absolute atomic E-state index is 0.0669. The highest BCUT2D eigenvalue weighted by atomic mass is 16.6. The molecule has 0 aliphatic carbocycles. The maximum absolute atomic E-state index is 13.6. The normalized spacial score (nSPS) is 18.4. The molecule has 0 spiro atoms. The van der Waals surface area contributed by atoms with Crippen molar-refractivity contribution in [2.45, 2.75) is 125 Å². The van der Waals surface area contributed by atoms with Crippen LogP contribution in [0.4, 0.5) is 0 Å². The van der Waals surface area contributed by atoms with E-state index < -0.39 is 18.0 Å². The largest absolute Gasteiger partial charge is 0.508 e. The Kier molecular flexibility index (Phi) is 13.5. The Morgan fingerprint density at radius 1 is 1.12 bits per heavy atom. The lowest BCUT2D eigenvalue weighted by atomic mass is 9.94. The molecule has 0 saturated carbocycles. The zero-order valence-electron chi connectivity index (χ0n) is 26.3. The standard InChI is InChI=1S/C33H52N2O6/c1-9-10-11-15-23-18-25(36)24(17-16-22(8)14-12-13-19(2)3)29(26(23)32(37)38)41-33(39)28(21(6)7)35-31-30(40-31)27(34)20(4)5/h13,16,18,20-21,27-28,30-31,35-36H,9-12,14-15,17,34H2,1-8H3,(H,37,38)/b22-16+. The van der Waals surface area contributed by atoms with Gasteiger partial charge in [-0.1, -0.05) is 70.8 Å². The molecule has 41 heavy (non-hydrogen) atoms. The molecule has 1 aliphatic rings. The van der Waals surface area contributed by atoms with Crippen LogP contribution in [0.15, 0.2) is 29.4 Å². The fourth-order valence-electron chi connectivity index (χ4n) is 4.81. The fraction of sp³-hybridized carbons (Fsp3) is 0.636. The lowest BCUT2D eigenvalue weighted by Gasteiger charge is -2.23. The first kappa shape index (κ1) is 34.5. The average molecular weight is 573 g/mol. The van der Waals surface area contributed by atoms with Crippen LogP contribution < -0.4 is 15.8 Å². The van der Waals surface area contributed by atoms with E-state index in [4.69, 9.17) is 15.2 Å². The molecule has 2 rings (SSSR count). The number of hydrogen-bond donors (Lipinski definition) is 4. The Hall–Kier alpha value is -2.68. The van der Waals surface area contributed by atoms with Crippen molar-refractivity contribution in [2.24, 2.45) is 17.6 Å². The molecule has 4 atom stereocenters. The number of nitrogens with one attached hydrogen (secondary N) is 1. The number of ether oxygens (including phenoxy) is 2. The molecule has 1 heterocycles. The summed E-state index contributed by atoms with van der Waals surface area (Å²) in [4.78, 5) is 26.2. The van der Waals surface area contributed by atoms with Crippen molar-refractivity contribution in [2.75, 3.05) is 0 Å². The smallest absolute Gasteiger partial charge is 0.339 e. The SMILES string of the molecule is CCCCCc1cc(O)c(C/C=C(\C)CCC=C(C)C)c(OC(=O)C(NC2OC2C(N)C(C)C)C(C)C)c1C(=O)O. The molecule has 1 aliphatic heterocycles. The van der Waals surface area contributed by atoms with Gasteiger partial charge in [0.25, 0.3) is 0 Å². The van der Waals surface area contributed by atoms with Gasteiger partial charge < -0.3 is 25.4 Å². The van der Waals surface area contributed by atoms with Gasteiger partial charge in [0, 0.05) is 11.6 Å². The minimum Gasteiger partial charge on any atom is -0.508 e. The summed E-state index contributed by atoms with van der Waals surface area (Å²) in [5.41, 5.74) is 9.27. The predicted molar refractivity (Wildman–Crippen MR) is 163 cm³/mol. The van der Waals surface area contributed by atoms with Crippen molar-refractivity contribution in [3.63, 3.8) is 0 Å². The molecule has 5 N–H and O–H groups in total. The maximum Gasteiger partial charge on any atom is 0.339 e. The van der Waals surface area contributed by atoms with Gasteiger partial charge in [-0.25, -0.2) is 9.59 Å². The third kappa shape index (κ3) is 10.3. The third-order valence-electron chi connectivity index (χ3n) is 7.59. The number of nitrogens with two attached hydrogens (primary N) is 1. The monoisotopic (exact) mass is 572 g/mol. The number of carbonyl (C=O) groups excluding carboxylic acids is 1. The van der Waals surface area contributed by atoms with Crippen LogP contribution in [0, 0.1) is 11.8 Å². The number of esters is 1. The van der Waals surface area contributed by atoms with Gasteiger partial charge in [-0.05, 0) is 76.3 Å². The Morgan fingerprint density at radius 3 is 2.37 bits per heavy atom. The number of aromatic carboxylic acids is 1. The number of rotatable bonds is 17. The molecule has 1 aromatic carbocycles. The van der Waals surface area contributed by atoms with Gasteiger partial charge in [0.05, 0.1) is 0 Å². The number of carboxylic acid groups (broad SMARTS) is 1. The summed E-state index contributed by atoms with van der Waals surface area (Å²) in [6.07, 6.45) is 8.61. The summed E-state index contributed by atoms with van der Waals surface area (Å²) < 4.78 is 11.7. The number of allylic oxidation sites excluding steroid dienone is 4. The highest BCUT2D eigenvalue weighted by Crippen LogP contribution is 2.37. The number of aryl methyl sites for hydroxylation is 1. The van der Waals surface area contributed by atoms with Crippen LogP contribution >= 0.6 is 0 Å². The molecule has 0 amide bonds.